The second kappa shape index (κ2) is 7.62. The zero-order chi connectivity index (χ0) is 16.9. The molecule has 128 valence electrons. The third-order valence-corrected chi connectivity index (χ3v) is 4.58. The van der Waals surface area contributed by atoms with Crippen molar-refractivity contribution in [3.63, 3.8) is 0 Å². The van der Waals surface area contributed by atoms with Crippen LogP contribution in [0.5, 0.6) is 0 Å². The molecule has 0 aliphatic carbocycles. The van der Waals surface area contributed by atoms with E-state index in [2.05, 4.69) is 27.9 Å². The summed E-state index contributed by atoms with van der Waals surface area (Å²) in [7, 11) is 0. The Hall–Kier alpha value is -2.14. The molecule has 0 radical (unpaired) electrons. The number of nitrogens with one attached hydrogen (secondary N) is 3. The van der Waals surface area contributed by atoms with Crippen LogP contribution in [0, 0.1) is 11.6 Å². The minimum Gasteiger partial charge on any atom is -0.381 e. The minimum absolute atomic E-state index is 0.540. The van der Waals surface area contributed by atoms with Crippen molar-refractivity contribution in [2.45, 2.75) is 25.7 Å². The van der Waals surface area contributed by atoms with E-state index in [-0.39, 0.29) is 0 Å². The van der Waals surface area contributed by atoms with Gasteiger partial charge in [-0.25, -0.2) is 8.78 Å². The van der Waals surface area contributed by atoms with E-state index in [1.165, 1.54) is 22.9 Å². The standard InChI is InChI=1S/C19H23F2N3/c1-2-15-16(13-5-8-22-9-6-13)12-24-19(15)7-10-23-14-3-4-17(20)18(21)11-14/h2-4,7,11-13,22-24H,5-6,8-10H2,1H3/b15-2-,19-7+. The summed E-state index contributed by atoms with van der Waals surface area (Å²) in [6.07, 6.45) is 8.60. The first-order chi connectivity index (χ1) is 11.7. The van der Waals surface area contributed by atoms with Crippen molar-refractivity contribution in [3.8, 4) is 0 Å². The smallest absolute Gasteiger partial charge is 0.160 e. The Morgan fingerprint density at radius 3 is 2.71 bits per heavy atom. The number of piperidine rings is 1. The Kier molecular flexibility index (Phi) is 5.30. The Bertz CT molecular complexity index is 805. The van der Waals surface area contributed by atoms with Gasteiger partial charge in [0.1, 0.15) is 0 Å². The van der Waals surface area contributed by atoms with Gasteiger partial charge >= 0.3 is 0 Å². The highest BCUT2D eigenvalue weighted by Gasteiger charge is 2.16. The molecule has 2 heterocycles. The molecule has 3 nitrogen and oxygen atoms in total. The molecule has 1 aliphatic heterocycles. The summed E-state index contributed by atoms with van der Waals surface area (Å²) in [5, 5.41) is 8.80. The lowest BCUT2D eigenvalue weighted by Crippen LogP contribution is -2.31. The zero-order valence-corrected chi connectivity index (χ0v) is 13.8. The first-order valence-corrected chi connectivity index (χ1v) is 8.42. The topological polar surface area (TPSA) is 39.9 Å². The lowest BCUT2D eigenvalue weighted by molar-refractivity contribution is 0.459. The van der Waals surface area contributed by atoms with Gasteiger partial charge < -0.3 is 15.6 Å². The second-order valence-corrected chi connectivity index (χ2v) is 6.10. The second-order valence-electron chi connectivity index (χ2n) is 6.10. The summed E-state index contributed by atoms with van der Waals surface area (Å²) in [6.45, 7) is 4.72. The summed E-state index contributed by atoms with van der Waals surface area (Å²) in [6, 6.07) is 3.84. The lowest BCUT2D eigenvalue weighted by atomic mass is 9.91. The van der Waals surface area contributed by atoms with E-state index in [0.29, 0.717) is 18.2 Å². The molecule has 0 spiro atoms. The summed E-state index contributed by atoms with van der Waals surface area (Å²) >= 11 is 0. The van der Waals surface area contributed by atoms with Crippen LogP contribution >= 0.6 is 0 Å². The Balaban J connectivity index is 1.75. The number of aromatic amines is 1. The minimum atomic E-state index is -0.837. The molecule has 2 aromatic rings. The first kappa shape index (κ1) is 16.7. The van der Waals surface area contributed by atoms with Crippen molar-refractivity contribution in [1.29, 1.82) is 0 Å². The molecule has 0 amide bonds. The van der Waals surface area contributed by atoms with E-state index in [9.17, 15) is 8.78 Å². The van der Waals surface area contributed by atoms with Crippen molar-refractivity contribution < 1.29 is 8.78 Å². The quantitative estimate of drug-likeness (QED) is 0.805. The van der Waals surface area contributed by atoms with Crippen LogP contribution in [0.2, 0.25) is 0 Å². The van der Waals surface area contributed by atoms with Crippen molar-refractivity contribution >= 4 is 17.8 Å². The van der Waals surface area contributed by atoms with Gasteiger partial charge in [-0.15, -0.1) is 0 Å². The average Bonchev–Trinajstić information content (AvgIpc) is 3.02. The molecule has 1 aromatic carbocycles. The molecule has 1 aliphatic rings. The van der Waals surface area contributed by atoms with Crippen molar-refractivity contribution in [2.24, 2.45) is 0 Å². The van der Waals surface area contributed by atoms with Gasteiger partial charge in [0, 0.05) is 29.8 Å². The number of benzene rings is 1. The lowest BCUT2D eigenvalue weighted by Gasteiger charge is -2.21. The molecule has 0 atom stereocenters. The number of H-pyrrole nitrogens is 1. The van der Waals surface area contributed by atoms with Gasteiger partial charge in [0.05, 0.1) is 0 Å². The van der Waals surface area contributed by atoms with Gasteiger partial charge in [0.2, 0.25) is 0 Å². The maximum absolute atomic E-state index is 13.2. The average molecular weight is 331 g/mol. The van der Waals surface area contributed by atoms with Crippen LogP contribution in [0.4, 0.5) is 14.5 Å². The molecule has 3 N–H and O–H groups in total. The van der Waals surface area contributed by atoms with E-state index in [1.54, 1.807) is 0 Å². The highest BCUT2D eigenvalue weighted by atomic mass is 19.2. The monoisotopic (exact) mass is 331 g/mol. The number of hydrogen-bond acceptors (Lipinski definition) is 2. The summed E-state index contributed by atoms with van der Waals surface area (Å²) in [5.74, 6) is -1.07. The van der Waals surface area contributed by atoms with Gasteiger partial charge in [0.15, 0.2) is 11.6 Å². The maximum Gasteiger partial charge on any atom is 0.160 e. The normalized spacial score (nSPS) is 17.5. The first-order valence-electron chi connectivity index (χ1n) is 8.42. The van der Waals surface area contributed by atoms with Crippen LogP contribution in [0.1, 0.15) is 31.2 Å². The highest BCUT2D eigenvalue weighted by Crippen LogP contribution is 2.21. The van der Waals surface area contributed by atoms with E-state index in [0.717, 1.165) is 37.3 Å². The fraction of sp³-hybridized carbons (Fsp3) is 0.368. The van der Waals surface area contributed by atoms with Gasteiger partial charge in [0.25, 0.3) is 0 Å². The molecule has 1 fully saturated rings. The third-order valence-electron chi connectivity index (χ3n) is 4.58. The predicted octanol–water partition coefficient (Wildman–Crippen LogP) is 2.45. The van der Waals surface area contributed by atoms with Gasteiger partial charge in [-0.2, -0.15) is 0 Å². The van der Waals surface area contributed by atoms with Crippen LogP contribution in [0.3, 0.4) is 0 Å². The molecule has 24 heavy (non-hydrogen) atoms. The third kappa shape index (κ3) is 3.67. The van der Waals surface area contributed by atoms with Crippen molar-refractivity contribution in [3.05, 3.63) is 52.2 Å². The molecule has 5 heteroatoms. The number of hydrogen-bond donors (Lipinski definition) is 3. The Labute approximate surface area is 140 Å². The SMILES string of the molecule is C/C=c1/c(C2CCNCC2)c[nH]/c1=C/CNc1ccc(F)c(F)c1. The summed E-state index contributed by atoms with van der Waals surface area (Å²) < 4.78 is 26.2. The van der Waals surface area contributed by atoms with E-state index >= 15 is 0 Å². The molecule has 0 unspecified atom stereocenters. The summed E-state index contributed by atoms with van der Waals surface area (Å²) in [5.41, 5.74) is 1.94. The molecular weight excluding hydrogens is 308 g/mol. The van der Waals surface area contributed by atoms with Crippen LogP contribution in [0.25, 0.3) is 12.2 Å². The molecular formula is C19H23F2N3. The molecule has 3 rings (SSSR count). The fourth-order valence-electron chi connectivity index (χ4n) is 3.31. The zero-order valence-electron chi connectivity index (χ0n) is 13.8. The maximum atomic E-state index is 13.2. The number of halogens is 2. The van der Waals surface area contributed by atoms with Gasteiger partial charge in [-0.1, -0.05) is 6.08 Å². The Morgan fingerprint density at radius 2 is 2.00 bits per heavy atom. The van der Waals surface area contributed by atoms with E-state index < -0.39 is 11.6 Å². The fourth-order valence-corrected chi connectivity index (χ4v) is 3.31. The van der Waals surface area contributed by atoms with Crippen molar-refractivity contribution in [2.75, 3.05) is 25.0 Å². The van der Waals surface area contributed by atoms with Crippen LogP contribution in [0.15, 0.2) is 24.4 Å². The number of anilines is 1. The largest absolute Gasteiger partial charge is 0.381 e. The molecule has 0 bridgehead atoms. The number of aromatic nitrogens is 1. The number of rotatable bonds is 4. The van der Waals surface area contributed by atoms with E-state index in [1.807, 2.05) is 13.0 Å². The Morgan fingerprint density at radius 1 is 1.21 bits per heavy atom. The van der Waals surface area contributed by atoms with E-state index in [4.69, 9.17) is 0 Å². The molecule has 0 saturated carbocycles. The predicted molar refractivity (Wildman–Crippen MR) is 94.3 cm³/mol. The van der Waals surface area contributed by atoms with Crippen LogP contribution < -0.4 is 21.2 Å². The van der Waals surface area contributed by atoms with Gasteiger partial charge in [-0.3, -0.25) is 0 Å². The highest BCUT2D eigenvalue weighted by molar-refractivity contribution is 5.47. The summed E-state index contributed by atoms with van der Waals surface area (Å²) in [4.78, 5) is 3.35. The van der Waals surface area contributed by atoms with Crippen molar-refractivity contribution in [1.82, 2.24) is 10.3 Å². The van der Waals surface area contributed by atoms with Crippen LogP contribution in [-0.2, 0) is 0 Å². The van der Waals surface area contributed by atoms with Gasteiger partial charge in [-0.05, 0) is 67.8 Å². The van der Waals surface area contributed by atoms with Crippen LogP contribution in [-0.4, -0.2) is 24.6 Å². The molecule has 1 saturated heterocycles. The molecule has 1 aromatic heterocycles.